The van der Waals surface area contributed by atoms with E-state index >= 15 is 0 Å². The van der Waals surface area contributed by atoms with E-state index in [2.05, 4.69) is 58.0 Å². The van der Waals surface area contributed by atoms with Gasteiger partial charge >= 0.3 is 0 Å². The Morgan fingerprint density at radius 2 is 1.80 bits per heavy atom. The minimum absolute atomic E-state index is 0.0906. The van der Waals surface area contributed by atoms with Gasteiger partial charge in [-0.15, -0.1) is 0 Å². The Labute approximate surface area is 246 Å². The number of aryl methyl sites for hydroxylation is 2. The van der Waals surface area contributed by atoms with E-state index in [0.717, 1.165) is 39.7 Å². The molecule has 0 spiro atoms. The lowest BCUT2D eigenvalue weighted by molar-refractivity contribution is -0.123. The molecule has 1 aliphatic heterocycles. The van der Waals surface area contributed by atoms with E-state index in [9.17, 15) is 4.79 Å². The molecule has 4 heterocycles. The normalized spacial score (nSPS) is 17.0. The molecular formula is C32H36N6O2S. The number of rotatable bonds is 6. The summed E-state index contributed by atoms with van der Waals surface area (Å²) in [7, 11) is 1.60. The Balaban J connectivity index is 1.63. The molecule has 5 rings (SSSR count). The number of carbonyl (C=O) groups is 1. The van der Waals surface area contributed by atoms with E-state index in [0.29, 0.717) is 16.5 Å². The maximum Gasteiger partial charge on any atom is 0.229 e. The van der Waals surface area contributed by atoms with Crippen LogP contribution in [0.15, 0.2) is 67.0 Å². The second-order valence-electron chi connectivity index (χ2n) is 11.4. The van der Waals surface area contributed by atoms with Crippen LogP contribution in [0.3, 0.4) is 0 Å². The lowest BCUT2D eigenvalue weighted by Crippen LogP contribution is -2.30. The number of ether oxygens (including phenoxy) is 1. The molecule has 0 saturated carbocycles. The van der Waals surface area contributed by atoms with Crippen molar-refractivity contribution in [3.05, 3.63) is 95.2 Å². The number of nitrogens with one attached hydrogen (secondary N) is 2. The Morgan fingerprint density at radius 3 is 2.46 bits per heavy atom. The molecule has 0 aliphatic carbocycles. The number of benzene rings is 1. The van der Waals surface area contributed by atoms with Crippen LogP contribution in [0.4, 0.5) is 11.4 Å². The molecule has 8 nitrogen and oxygen atoms in total. The number of anilines is 2. The second kappa shape index (κ2) is 11.0. The van der Waals surface area contributed by atoms with Crippen molar-refractivity contribution in [1.29, 1.82) is 0 Å². The van der Waals surface area contributed by atoms with Gasteiger partial charge in [0.05, 0.1) is 30.6 Å². The molecule has 1 aromatic carbocycles. The molecule has 1 saturated heterocycles. The number of thiocarbonyl (C=S) groups is 1. The fourth-order valence-corrected chi connectivity index (χ4v) is 5.62. The van der Waals surface area contributed by atoms with Crippen LogP contribution in [-0.4, -0.2) is 32.7 Å². The number of amides is 1. The van der Waals surface area contributed by atoms with Crippen LogP contribution in [0, 0.1) is 26.2 Å². The molecule has 1 fully saturated rings. The molecule has 2 N–H and O–H groups in total. The van der Waals surface area contributed by atoms with Gasteiger partial charge in [-0.3, -0.25) is 9.78 Å². The summed E-state index contributed by atoms with van der Waals surface area (Å²) in [4.78, 5) is 24.2. The zero-order valence-electron chi connectivity index (χ0n) is 24.5. The second-order valence-corrected chi connectivity index (χ2v) is 11.8. The van der Waals surface area contributed by atoms with Gasteiger partial charge in [0, 0.05) is 41.0 Å². The lowest BCUT2D eigenvalue weighted by atomic mass is 9.95. The fraction of sp³-hybridized carbons (Fsp3) is 0.312. The van der Waals surface area contributed by atoms with Crippen molar-refractivity contribution >= 4 is 34.6 Å². The first-order valence-electron chi connectivity index (χ1n) is 13.6. The summed E-state index contributed by atoms with van der Waals surface area (Å²) in [6.07, 6.45) is 3.64. The third-order valence-corrected chi connectivity index (χ3v) is 7.72. The van der Waals surface area contributed by atoms with Gasteiger partial charge in [-0.1, -0.05) is 26.8 Å². The van der Waals surface area contributed by atoms with E-state index in [4.69, 9.17) is 21.9 Å². The molecule has 2 atom stereocenters. The molecule has 3 aromatic heterocycles. The van der Waals surface area contributed by atoms with Crippen LogP contribution >= 0.6 is 12.2 Å². The zero-order valence-corrected chi connectivity index (χ0v) is 25.3. The van der Waals surface area contributed by atoms with Crippen LogP contribution in [0.2, 0.25) is 0 Å². The van der Waals surface area contributed by atoms with Gasteiger partial charge in [-0.05, 0) is 86.6 Å². The lowest BCUT2D eigenvalue weighted by Gasteiger charge is -2.29. The largest absolute Gasteiger partial charge is 0.494 e. The number of hydrogen-bond donors (Lipinski definition) is 2. The average Bonchev–Trinajstić information content (AvgIpc) is 3.43. The highest BCUT2D eigenvalue weighted by Gasteiger charge is 2.42. The highest BCUT2D eigenvalue weighted by atomic mass is 32.1. The quantitative estimate of drug-likeness (QED) is 0.262. The molecule has 9 heteroatoms. The van der Waals surface area contributed by atoms with E-state index in [1.165, 1.54) is 0 Å². The van der Waals surface area contributed by atoms with Gasteiger partial charge in [0.1, 0.15) is 11.6 Å². The van der Waals surface area contributed by atoms with Gasteiger partial charge in [-0.2, -0.15) is 0 Å². The summed E-state index contributed by atoms with van der Waals surface area (Å²) in [5, 5.41) is 7.12. The minimum Gasteiger partial charge on any atom is -0.494 e. The third kappa shape index (κ3) is 5.41. The fourth-order valence-electron chi connectivity index (χ4n) is 5.27. The number of pyridine rings is 2. The Kier molecular flexibility index (Phi) is 7.57. The van der Waals surface area contributed by atoms with Crippen LogP contribution in [0.1, 0.15) is 61.1 Å². The summed E-state index contributed by atoms with van der Waals surface area (Å²) in [6, 6.07) is 17.5. The van der Waals surface area contributed by atoms with Crippen molar-refractivity contribution < 1.29 is 9.53 Å². The molecule has 1 aliphatic rings. The molecular weight excluding hydrogens is 532 g/mol. The highest BCUT2D eigenvalue weighted by molar-refractivity contribution is 7.80. The van der Waals surface area contributed by atoms with Crippen molar-refractivity contribution in [2.75, 3.05) is 17.3 Å². The Hall–Kier alpha value is -4.24. The number of carbonyl (C=O) groups excluding carboxylic acids is 1. The molecule has 1 amide bonds. The highest BCUT2D eigenvalue weighted by Crippen LogP contribution is 2.45. The van der Waals surface area contributed by atoms with Gasteiger partial charge in [0.2, 0.25) is 5.91 Å². The van der Waals surface area contributed by atoms with Crippen molar-refractivity contribution in [1.82, 2.24) is 19.9 Å². The number of nitrogens with zero attached hydrogens (tertiary/aromatic N) is 4. The van der Waals surface area contributed by atoms with Crippen molar-refractivity contribution in [3.8, 4) is 11.6 Å². The first-order chi connectivity index (χ1) is 19.5. The minimum atomic E-state index is -0.542. The maximum absolute atomic E-state index is 12.7. The molecule has 0 unspecified atom stereocenters. The van der Waals surface area contributed by atoms with Crippen LogP contribution < -0.4 is 20.3 Å². The smallest absolute Gasteiger partial charge is 0.229 e. The molecule has 212 valence electrons. The summed E-state index contributed by atoms with van der Waals surface area (Å²) in [5.74, 6) is 1.34. The maximum atomic E-state index is 12.7. The summed E-state index contributed by atoms with van der Waals surface area (Å²) < 4.78 is 7.92. The van der Waals surface area contributed by atoms with E-state index in [1.807, 2.05) is 69.4 Å². The first-order valence-corrected chi connectivity index (χ1v) is 14.0. The summed E-state index contributed by atoms with van der Waals surface area (Å²) in [6.45, 7) is 11.9. The van der Waals surface area contributed by atoms with Crippen molar-refractivity contribution in [2.24, 2.45) is 5.41 Å². The van der Waals surface area contributed by atoms with Gasteiger partial charge < -0.3 is 24.8 Å². The predicted molar refractivity (Wildman–Crippen MR) is 167 cm³/mol. The van der Waals surface area contributed by atoms with Gasteiger partial charge in [-0.25, -0.2) is 4.98 Å². The SMILES string of the molecule is COc1cc(N2C(=S)N[C@@H](c3ccccn3)[C@H]2c2cc(C)n(-c3cc(C)ccn3)c2C)ccc1NC(=O)C(C)(C)C. The number of aromatic nitrogens is 3. The van der Waals surface area contributed by atoms with Crippen LogP contribution in [-0.2, 0) is 4.79 Å². The molecule has 4 aromatic rings. The van der Waals surface area contributed by atoms with E-state index < -0.39 is 5.41 Å². The number of hydrogen-bond acceptors (Lipinski definition) is 5. The van der Waals surface area contributed by atoms with Gasteiger partial charge in [0.25, 0.3) is 0 Å². The van der Waals surface area contributed by atoms with Crippen molar-refractivity contribution in [3.63, 3.8) is 0 Å². The Morgan fingerprint density at radius 1 is 1.02 bits per heavy atom. The third-order valence-electron chi connectivity index (χ3n) is 7.41. The van der Waals surface area contributed by atoms with Crippen molar-refractivity contribution in [2.45, 2.75) is 53.6 Å². The Bertz CT molecular complexity index is 1610. The molecule has 0 bridgehead atoms. The zero-order chi connectivity index (χ0) is 29.5. The topological polar surface area (TPSA) is 84.3 Å². The van der Waals surface area contributed by atoms with Crippen LogP contribution in [0.25, 0.3) is 5.82 Å². The van der Waals surface area contributed by atoms with E-state index in [-0.39, 0.29) is 18.0 Å². The summed E-state index contributed by atoms with van der Waals surface area (Å²) >= 11 is 5.96. The van der Waals surface area contributed by atoms with Crippen LogP contribution in [0.5, 0.6) is 5.75 Å². The monoisotopic (exact) mass is 568 g/mol. The standard InChI is InChI=1S/C32H36N6O2S/c1-19-13-15-34-27(16-19)37-20(2)17-23(21(37)3)29-28(25-10-8-9-14-33-25)36-31(41)38(29)22-11-12-24(26(18-22)40-7)35-30(39)32(4,5)6/h8-18,28-29H,1-7H3,(H,35,39)(H,36,41)/t28-,29+/m0/s1. The average molecular weight is 569 g/mol. The summed E-state index contributed by atoms with van der Waals surface area (Å²) in [5.41, 5.74) is 6.20. The van der Waals surface area contributed by atoms with E-state index in [1.54, 1.807) is 13.3 Å². The van der Waals surface area contributed by atoms with Gasteiger partial charge in [0.15, 0.2) is 5.11 Å². The molecule has 41 heavy (non-hydrogen) atoms. The number of methoxy groups -OCH3 is 1. The predicted octanol–water partition coefficient (Wildman–Crippen LogP) is 6.36. The first kappa shape index (κ1) is 28.3. The molecule has 0 radical (unpaired) electrons.